The third-order valence-corrected chi connectivity index (χ3v) is 1.69. The topological polar surface area (TPSA) is 32.3 Å². The molecular formula is C9H10F3NO. The van der Waals surface area contributed by atoms with Gasteiger partial charge in [-0.15, -0.1) is 0 Å². The minimum Gasteiger partial charge on any atom is -0.394 e. The molecule has 0 spiro atoms. The van der Waals surface area contributed by atoms with E-state index in [9.17, 15) is 13.2 Å². The zero-order valence-electron chi connectivity index (χ0n) is 7.25. The summed E-state index contributed by atoms with van der Waals surface area (Å²) in [4.78, 5) is 0. The van der Waals surface area contributed by atoms with E-state index in [0.717, 1.165) is 0 Å². The van der Waals surface area contributed by atoms with Gasteiger partial charge in [-0.25, -0.2) is 0 Å². The van der Waals surface area contributed by atoms with Crippen molar-refractivity contribution in [2.75, 3.05) is 11.9 Å². The van der Waals surface area contributed by atoms with Gasteiger partial charge >= 0.3 is 6.18 Å². The van der Waals surface area contributed by atoms with E-state index in [2.05, 4.69) is 5.32 Å². The maximum Gasteiger partial charge on any atom is 0.410 e. The van der Waals surface area contributed by atoms with Crippen molar-refractivity contribution in [3.05, 3.63) is 30.3 Å². The molecule has 0 radical (unpaired) electrons. The van der Waals surface area contributed by atoms with Crippen molar-refractivity contribution in [3.63, 3.8) is 0 Å². The van der Waals surface area contributed by atoms with Gasteiger partial charge in [0.2, 0.25) is 0 Å². The van der Waals surface area contributed by atoms with Crippen molar-refractivity contribution in [1.29, 1.82) is 0 Å². The zero-order chi connectivity index (χ0) is 10.6. The van der Waals surface area contributed by atoms with E-state index in [1.807, 2.05) is 0 Å². The fourth-order valence-electron chi connectivity index (χ4n) is 0.967. The van der Waals surface area contributed by atoms with E-state index in [1.54, 1.807) is 18.2 Å². The van der Waals surface area contributed by atoms with Crippen LogP contribution in [0.3, 0.4) is 0 Å². The van der Waals surface area contributed by atoms with Crippen molar-refractivity contribution in [2.45, 2.75) is 12.2 Å². The van der Waals surface area contributed by atoms with Gasteiger partial charge in [-0.2, -0.15) is 13.2 Å². The van der Waals surface area contributed by atoms with E-state index in [0.29, 0.717) is 5.69 Å². The Hall–Kier alpha value is -1.23. The number of halogens is 3. The van der Waals surface area contributed by atoms with Crippen LogP contribution in [0.25, 0.3) is 0 Å². The Morgan fingerprint density at radius 2 is 1.79 bits per heavy atom. The summed E-state index contributed by atoms with van der Waals surface area (Å²) in [5, 5.41) is 10.7. The lowest BCUT2D eigenvalue weighted by molar-refractivity contribution is -0.149. The van der Waals surface area contributed by atoms with Gasteiger partial charge in [-0.05, 0) is 12.1 Å². The Bertz CT molecular complexity index is 273. The molecule has 0 heterocycles. The summed E-state index contributed by atoms with van der Waals surface area (Å²) in [5.74, 6) is 0. The van der Waals surface area contributed by atoms with E-state index in [-0.39, 0.29) is 0 Å². The average molecular weight is 205 g/mol. The number of aliphatic hydroxyl groups excluding tert-OH is 1. The molecule has 1 rings (SSSR count). The highest BCUT2D eigenvalue weighted by atomic mass is 19.4. The largest absolute Gasteiger partial charge is 0.410 e. The van der Waals surface area contributed by atoms with Crippen LogP contribution in [-0.2, 0) is 0 Å². The summed E-state index contributed by atoms with van der Waals surface area (Å²) >= 11 is 0. The highest BCUT2D eigenvalue weighted by molar-refractivity contribution is 5.43. The average Bonchev–Trinajstić information content (AvgIpc) is 2.14. The zero-order valence-corrected chi connectivity index (χ0v) is 7.25. The fourth-order valence-corrected chi connectivity index (χ4v) is 0.967. The van der Waals surface area contributed by atoms with Gasteiger partial charge in [0, 0.05) is 5.69 Å². The highest BCUT2D eigenvalue weighted by Gasteiger charge is 2.39. The predicted molar refractivity (Wildman–Crippen MR) is 47.0 cm³/mol. The van der Waals surface area contributed by atoms with Crippen molar-refractivity contribution in [1.82, 2.24) is 0 Å². The maximum atomic E-state index is 12.2. The molecule has 0 aliphatic rings. The Balaban J connectivity index is 2.67. The summed E-state index contributed by atoms with van der Waals surface area (Å²) in [6, 6.07) is 6.04. The van der Waals surface area contributed by atoms with E-state index < -0.39 is 18.8 Å². The van der Waals surface area contributed by atoms with Crippen LogP contribution in [-0.4, -0.2) is 23.9 Å². The molecular weight excluding hydrogens is 195 g/mol. The fraction of sp³-hybridized carbons (Fsp3) is 0.333. The molecule has 2 N–H and O–H groups in total. The van der Waals surface area contributed by atoms with E-state index >= 15 is 0 Å². The van der Waals surface area contributed by atoms with Gasteiger partial charge in [-0.1, -0.05) is 18.2 Å². The standard InChI is InChI=1S/C9H10F3NO/c10-9(11,12)8(6-14)13-7-4-2-1-3-5-7/h1-5,8,13-14H,6H2. The third-order valence-electron chi connectivity index (χ3n) is 1.69. The van der Waals surface area contributed by atoms with Crippen LogP contribution in [0.1, 0.15) is 0 Å². The molecule has 0 bridgehead atoms. The first-order valence-corrected chi connectivity index (χ1v) is 4.03. The Kier molecular flexibility index (Phi) is 3.35. The predicted octanol–water partition coefficient (Wildman–Crippen LogP) is 2.02. The SMILES string of the molecule is OCC(Nc1ccccc1)C(F)(F)F. The first-order valence-electron chi connectivity index (χ1n) is 4.03. The lowest BCUT2D eigenvalue weighted by Gasteiger charge is -2.20. The summed E-state index contributed by atoms with van der Waals surface area (Å²) < 4.78 is 36.6. The first kappa shape index (κ1) is 10.8. The summed E-state index contributed by atoms with van der Waals surface area (Å²) in [7, 11) is 0. The minimum atomic E-state index is -4.44. The second-order valence-corrected chi connectivity index (χ2v) is 2.79. The number of hydrogen-bond donors (Lipinski definition) is 2. The number of hydrogen-bond acceptors (Lipinski definition) is 2. The van der Waals surface area contributed by atoms with E-state index in [1.165, 1.54) is 12.1 Å². The van der Waals surface area contributed by atoms with Crippen LogP contribution in [0.4, 0.5) is 18.9 Å². The molecule has 5 heteroatoms. The molecule has 1 atom stereocenters. The number of nitrogens with one attached hydrogen (secondary N) is 1. The van der Waals surface area contributed by atoms with Crippen LogP contribution in [0, 0.1) is 0 Å². The number of para-hydroxylation sites is 1. The van der Waals surface area contributed by atoms with Crippen LogP contribution in [0.5, 0.6) is 0 Å². The molecule has 2 nitrogen and oxygen atoms in total. The number of alkyl halides is 3. The Morgan fingerprint density at radius 1 is 1.21 bits per heavy atom. The molecule has 0 saturated carbocycles. The quantitative estimate of drug-likeness (QED) is 0.791. The number of anilines is 1. The molecule has 1 aromatic carbocycles. The molecule has 14 heavy (non-hydrogen) atoms. The second-order valence-electron chi connectivity index (χ2n) is 2.79. The van der Waals surface area contributed by atoms with Gasteiger partial charge in [0.15, 0.2) is 0 Å². The molecule has 0 aliphatic carbocycles. The normalized spacial score (nSPS) is 13.7. The molecule has 0 fully saturated rings. The summed E-state index contributed by atoms with van der Waals surface area (Å²) in [6.45, 7) is -0.974. The molecule has 78 valence electrons. The van der Waals surface area contributed by atoms with Crippen LogP contribution >= 0.6 is 0 Å². The number of aliphatic hydroxyl groups is 1. The lowest BCUT2D eigenvalue weighted by Crippen LogP contribution is -2.39. The van der Waals surface area contributed by atoms with Crippen LogP contribution in [0.2, 0.25) is 0 Å². The summed E-state index contributed by atoms with van der Waals surface area (Å²) in [5.41, 5.74) is 0.337. The van der Waals surface area contributed by atoms with Crippen LogP contribution in [0.15, 0.2) is 30.3 Å². The van der Waals surface area contributed by atoms with Gasteiger partial charge in [-0.3, -0.25) is 0 Å². The smallest absolute Gasteiger partial charge is 0.394 e. The molecule has 0 aromatic heterocycles. The first-order chi connectivity index (χ1) is 6.54. The van der Waals surface area contributed by atoms with Crippen molar-refractivity contribution < 1.29 is 18.3 Å². The number of benzene rings is 1. The van der Waals surface area contributed by atoms with Gasteiger partial charge in [0.1, 0.15) is 6.04 Å². The van der Waals surface area contributed by atoms with Crippen molar-refractivity contribution >= 4 is 5.69 Å². The molecule has 0 amide bonds. The molecule has 1 unspecified atom stereocenters. The Labute approximate surface area is 79.4 Å². The van der Waals surface area contributed by atoms with Gasteiger partial charge < -0.3 is 10.4 Å². The van der Waals surface area contributed by atoms with E-state index in [4.69, 9.17) is 5.11 Å². The molecule has 0 saturated heterocycles. The Morgan fingerprint density at radius 3 is 2.21 bits per heavy atom. The third kappa shape index (κ3) is 2.92. The van der Waals surface area contributed by atoms with Gasteiger partial charge in [0.05, 0.1) is 6.61 Å². The number of rotatable bonds is 3. The highest BCUT2D eigenvalue weighted by Crippen LogP contribution is 2.23. The van der Waals surface area contributed by atoms with Crippen molar-refractivity contribution in [2.24, 2.45) is 0 Å². The maximum absolute atomic E-state index is 12.2. The van der Waals surface area contributed by atoms with Gasteiger partial charge in [0.25, 0.3) is 0 Å². The minimum absolute atomic E-state index is 0.337. The monoisotopic (exact) mass is 205 g/mol. The lowest BCUT2D eigenvalue weighted by atomic mass is 10.2. The molecule has 1 aromatic rings. The molecule has 0 aliphatic heterocycles. The van der Waals surface area contributed by atoms with Crippen molar-refractivity contribution in [3.8, 4) is 0 Å². The van der Waals surface area contributed by atoms with Crippen LogP contribution < -0.4 is 5.32 Å². The summed E-state index contributed by atoms with van der Waals surface area (Å²) in [6.07, 6.45) is -4.44. The second kappa shape index (κ2) is 4.32.